The van der Waals surface area contributed by atoms with Crippen LogP contribution in [-0.2, 0) is 0 Å². The molecule has 0 saturated heterocycles. The molecule has 0 bridgehead atoms. The predicted molar refractivity (Wildman–Crippen MR) is 112 cm³/mol. The van der Waals surface area contributed by atoms with Crippen LogP contribution in [-0.4, -0.2) is 14.6 Å². The van der Waals surface area contributed by atoms with Gasteiger partial charge in [0.05, 0.1) is 11.3 Å². The Balaban J connectivity index is 1.91. The summed E-state index contributed by atoms with van der Waals surface area (Å²) in [4.78, 5) is 4.75. The number of rotatable bonds is 3. The SMILES string of the molecule is Cc1cc(C)cc(Nc2cc(C)nc3c(-c4ccccc4Cl)c(C)nn23)c1. The lowest BCUT2D eigenvalue weighted by Crippen LogP contribution is -2.03. The largest absolute Gasteiger partial charge is 0.340 e. The van der Waals surface area contributed by atoms with Gasteiger partial charge in [0.2, 0.25) is 0 Å². The van der Waals surface area contributed by atoms with E-state index in [1.165, 1.54) is 11.1 Å². The first-order valence-corrected chi connectivity index (χ1v) is 9.27. The smallest absolute Gasteiger partial charge is 0.165 e. The summed E-state index contributed by atoms with van der Waals surface area (Å²) < 4.78 is 1.86. The average Bonchev–Trinajstić information content (AvgIpc) is 2.90. The van der Waals surface area contributed by atoms with Gasteiger partial charge in [0.1, 0.15) is 5.82 Å². The molecule has 0 amide bonds. The van der Waals surface area contributed by atoms with E-state index in [0.717, 1.165) is 39.7 Å². The highest BCUT2D eigenvalue weighted by atomic mass is 35.5. The van der Waals surface area contributed by atoms with Gasteiger partial charge in [-0.15, -0.1) is 0 Å². The molecule has 0 spiro atoms. The second kappa shape index (κ2) is 6.71. The van der Waals surface area contributed by atoms with E-state index in [4.69, 9.17) is 21.7 Å². The van der Waals surface area contributed by atoms with E-state index in [0.29, 0.717) is 5.02 Å². The van der Waals surface area contributed by atoms with Crippen LogP contribution in [0.25, 0.3) is 16.8 Å². The van der Waals surface area contributed by atoms with E-state index in [2.05, 4.69) is 37.4 Å². The van der Waals surface area contributed by atoms with Crippen molar-refractivity contribution < 1.29 is 0 Å². The zero-order valence-electron chi connectivity index (χ0n) is 15.8. The highest BCUT2D eigenvalue weighted by Crippen LogP contribution is 2.34. The van der Waals surface area contributed by atoms with Gasteiger partial charge < -0.3 is 5.32 Å². The third-order valence-corrected chi connectivity index (χ3v) is 4.86. The Morgan fingerprint density at radius 2 is 1.63 bits per heavy atom. The molecule has 2 heterocycles. The van der Waals surface area contributed by atoms with Crippen molar-refractivity contribution in [3.05, 3.63) is 76.1 Å². The van der Waals surface area contributed by atoms with Crippen molar-refractivity contribution in [2.75, 3.05) is 5.32 Å². The molecule has 4 aromatic rings. The minimum atomic E-state index is 0.697. The van der Waals surface area contributed by atoms with Crippen LogP contribution in [0.5, 0.6) is 0 Å². The number of nitrogens with one attached hydrogen (secondary N) is 1. The van der Waals surface area contributed by atoms with E-state index in [1.807, 2.05) is 48.7 Å². The maximum absolute atomic E-state index is 6.45. The minimum absolute atomic E-state index is 0.697. The third kappa shape index (κ3) is 3.28. The van der Waals surface area contributed by atoms with Gasteiger partial charge in [0.15, 0.2) is 5.65 Å². The molecule has 4 nitrogen and oxygen atoms in total. The standard InChI is InChI=1S/C22H21ClN4/c1-13-9-14(2)11-17(10-13)25-20-12-15(3)24-22-21(16(4)26-27(20)22)18-7-5-6-8-19(18)23/h5-12,25H,1-4H3. The molecule has 5 heteroatoms. The van der Waals surface area contributed by atoms with E-state index in [9.17, 15) is 0 Å². The van der Waals surface area contributed by atoms with Crippen molar-refractivity contribution in [2.24, 2.45) is 0 Å². The van der Waals surface area contributed by atoms with E-state index in [-0.39, 0.29) is 0 Å². The Labute approximate surface area is 163 Å². The number of halogens is 1. The molecule has 2 aromatic heterocycles. The van der Waals surface area contributed by atoms with Gasteiger partial charge in [-0.1, -0.05) is 35.9 Å². The van der Waals surface area contributed by atoms with Crippen molar-refractivity contribution in [3.63, 3.8) is 0 Å². The second-order valence-corrected chi connectivity index (χ2v) is 7.37. The molecule has 1 N–H and O–H groups in total. The number of aromatic nitrogens is 3. The van der Waals surface area contributed by atoms with Crippen molar-refractivity contribution in [1.82, 2.24) is 14.6 Å². The molecule has 27 heavy (non-hydrogen) atoms. The quantitative estimate of drug-likeness (QED) is 0.474. The van der Waals surface area contributed by atoms with Crippen molar-refractivity contribution in [1.29, 1.82) is 0 Å². The zero-order valence-corrected chi connectivity index (χ0v) is 16.6. The van der Waals surface area contributed by atoms with Crippen LogP contribution in [0, 0.1) is 27.7 Å². The summed E-state index contributed by atoms with van der Waals surface area (Å²) in [5, 5.41) is 8.95. The Bertz CT molecular complexity index is 1140. The summed E-state index contributed by atoms with van der Waals surface area (Å²) in [6, 6.07) is 16.2. The summed E-state index contributed by atoms with van der Waals surface area (Å²) in [5.41, 5.74) is 7.99. The van der Waals surface area contributed by atoms with Gasteiger partial charge >= 0.3 is 0 Å². The number of aryl methyl sites for hydroxylation is 4. The van der Waals surface area contributed by atoms with Crippen LogP contribution in [0.4, 0.5) is 11.5 Å². The molecule has 0 radical (unpaired) electrons. The fourth-order valence-corrected chi connectivity index (χ4v) is 3.74. The Hall–Kier alpha value is -2.85. The summed E-state index contributed by atoms with van der Waals surface area (Å²) >= 11 is 6.45. The van der Waals surface area contributed by atoms with Gasteiger partial charge in [0.25, 0.3) is 0 Å². The van der Waals surface area contributed by atoms with E-state index < -0.39 is 0 Å². The summed E-state index contributed by atoms with van der Waals surface area (Å²) in [7, 11) is 0. The lowest BCUT2D eigenvalue weighted by atomic mass is 10.1. The molecular weight excluding hydrogens is 356 g/mol. The number of benzene rings is 2. The van der Waals surface area contributed by atoms with Crippen molar-refractivity contribution in [3.8, 4) is 11.1 Å². The highest BCUT2D eigenvalue weighted by Gasteiger charge is 2.18. The molecule has 4 rings (SSSR count). The van der Waals surface area contributed by atoms with Gasteiger partial charge in [-0.25, -0.2) is 4.98 Å². The van der Waals surface area contributed by atoms with Crippen molar-refractivity contribution in [2.45, 2.75) is 27.7 Å². The first kappa shape index (κ1) is 17.6. The van der Waals surface area contributed by atoms with Crippen LogP contribution in [0.3, 0.4) is 0 Å². The maximum atomic E-state index is 6.45. The number of hydrogen-bond donors (Lipinski definition) is 1. The van der Waals surface area contributed by atoms with Crippen LogP contribution >= 0.6 is 11.6 Å². The highest BCUT2D eigenvalue weighted by molar-refractivity contribution is 6.33. The molecule has 0 aliphatic heterocycles. The average molecular weight is 377 g/mol. The molecule has 0 aliphatic carbocycles. The van der Waals surface area contributed by atoms with Crippen LogP contribution in [0.1, 0.15) is 22.5 Å². The Kier molecular flexibility index (Phi) is 4.36. The fraction of sp³-hybridized carbons (Fsp3) is 0.182. The minimum Gasteiger partial charge on any atom is -0.340 e. The van der Waals surface area contributed by atoms with Crippen LogP contribution in [0.2, 0.25) is 5.02 Å². The molecule has 0 saturated carbocycles. The summed E-state index contributed by atoms with van der Waals surface area (Å²) in [6.07, 6.45) is 0. The third-order valence-electron chi connectivity index (χ3n) is 4.53. The first-order valence-electron chi connectivity index (χ1n) is 8.89. The fourth-order valence-electron chi connectivity index (χ4n) is 3.51. The molecule has 0 atom stereocenters. The van der Waals surface area contributed by atoms with Crippen LogP contribution < -0.4 is 5.32 Å². The first-order chi connectivity index (χ1) is 12.9. The molecule has 2 aromatic carbocycles. The topological polar surface area (TPSA) is 42.2 Å². The van der Waals surface area contributed by atoms with Gasteiger partial charge in [0, 0.05) is 28.0 Å². The van der Waals surface area contributed by atoms with Gasteiger partial charge in [-0.05, 0) is 57.0 Å². The van der Waals surface area contributed by atoms with E-state index >= 15 is 0 Å². The lowest BCUT2D eigenvalue weighted by molar-refractivity contribution is 0.917. The maximum Gasteiger partial charge on any atom is 0.165 e. The summed E-state index contributed by atoms with van der Waals surface area (Å²) in [5.74, 6) is 0.879. The van der Waals surface area contributed by atoms with Crippen molar-refractivity contribution >= 4 is 28.8 Å². The van der Waals surface area contributed by atoms with Gasteiger partial charge in [-0.3, -0.25) is 0 Å². The predicted octanol–water partition coefficient (Wildman–Crippen LogP) is 6.03. The monoisotopic (exact) mass is 376 g/mol. The number of anilines is 2. The molecule has 0 fully saturated rings. The number of nitrogens with zero attached hydrogens (tertiary/aromatic N) is 3. The van der Waals surface area contributed by atoms with Gasteiger partial charge in [-0.2, -0.15) is 9.61 Å². The molecule has 136 valence electrons. The van der Waals surface area contributed by atoms with Crippen LogP contribution in [0.15, 0.2) is 48.5 Å². The van der Waals surface area contributed by atoms with E-state index in [1.54, 1.807) is 0 Å². The molecule has 0 aliphatic rings. The lowest BCUT2D eigenvalue weighted by Gasteiger charge is -2.11. The molecule has 0 unspecified atom stereocenters. The normalized spacial score (nSPS) is 11.1. The zero-order chi connectivity index (χ0) is 19.1. The number of fused-ring (bicyclic) bond motifs is 1. The molecular formula is C22H21ClN4. The summed E-state index contributed by atoms with van der Waals surface area (Å²) in [6.45, 7) is 8.17. The number of hydrogen-bond acceptors (Lipinski definition) is 3. The Morgan fingerprint density at radius 3 is 2.33 bits per heavy atom. The second-order valence-electron chi connectivity index (χ2n) is 6.96. The Morgan fingerprint density at radius 1 is 0.926 bits per heavy atom.